The Kier molecular flexibility index (Phi) is 9.63. The summed E-state index contributed by atoms with van der Waals surface area (Å²) in [6.45, 7) is 4.24. The zero-order valence-electron chi connectivity index (χ0n) is 26.3. The molecule has 2 aliphatic heterocycles. The molecule has 1 aromatic heterocycles. The average Bonchev–Trinajstić information content (AvgIpc) is 3.04. The number of aromatic nitrogens is 1. The zero-order chi connectivity index (χ0) is 34.9. The third-order valence-electron chi connectivity index (χ3n) is 8.48. The second kappa shape index (κ2) is 13.7. The van der Waals surface area contributed by atoms with E-state index in [1.54, 1.807) is 48.7 Å². The Morgan fingerprint density at radius 3 is 2.33 bits per heavy atom. The molecule has 0 amide bonds. The number of phenols is 1. The van der Waals surface area contributed by atoms with E-state index >= 15 is 0 Å². The summed E-state index contributed by atoms with van der Waals surface area (Å²) >= 11 is 0. The largest absolute Gasteiger partial charge is 0.508 e. The molecular weight excluding hydrogens is 664 g/mol. The number of aryl methyl sites for hydroxylation is 1. The minimum atomic E-state index is -4.50. The summed E-state index contributed by atoms with van der Waals surface area (Å²) in [7, 11) is -4.04. The van der Waals surface area contributed by atoms with Crippen LogP contribution in [0.15, 0.2) is 96.0 Å². The van der Waals surface area contributed by atoms with Gasteiger partial charge in [0, 0.05) is 59.9 Å². The van der Waals surface area contributed by atoms with Crippen LogP contribution in [0.1, 0.15) is 28.4 Å². The Morgan fingerprint density at radius 1 is 0.959 bits per heavy atom. The van der Waals surface area contributed by atoms with Gasteiger partial charge in [0.15, 0.2) is 6.10 Å². The number of phenolic OH excluding ortho intramolecular Hbond substituents is 1. The van der Waals surface area contributed by atoms with Gasteiger partial charge in [0.2, 0.25) is 0 Å². The number of pyridine rings is 1. The number of halogens is 4. The number of alkyl halides is 4. The van der Waals surface area contributed by atoms with Crippen LogP contribution in [0.3, 0.4) is 0 Å². The quantitative estimate of drug-likeness (QED) is 0.101. The molecule has 0 spiro atoms. The van der Waals surface area contributed by atoms with Crippen molar-refractivity contribution in [3.05, 3.63) is 113 Å². The van der Waals surface area contributed by atoms with Gasteiger partial charge in [-0.05, 0) is 67.1 Å². The van der Waals surface area contributed by atoms with Crippen molar-refractivity contribution in [3.8, 4) is 28.4 Å². The Bertz CT molecular complexity index is 2000. The molecule has 5 aromatic rings. The summed E-state index contributed by atoms with van der Waals surface area (Å²) < 4.78 is 93.1. The summed E-state index contributed by atoms with van der Waals surface area (Å²) in [6.07, 6.45) is -3.60. The highest BCUT2D eigenvalue weighted by Gasteiger charge is 2.35. The van der Waals surface area contributed by atoms with E-state index in [2.05, 4.69) is 9.88 Å². The van der Waals surface area contributed by atoms with Crippen LogP contribution in [0.5, 0.6) is 17.2 Å². The molecule has 4 aromatic carbocycles. The second-order valence-corrected chi connectivity index (χ2v) is 13.7. The minimum absolute atomic E-state index is 0.0633. The molecule has 0 unspecified atom stereocenters. The minimum Gasteiger partial charge on any atom is -0.508 e. The van der Waals surface area contributed by atoms with Gasteiger partial charge in [-0.25, -0.2) is 4.21 Å². The van der Waals surface area contributed by atoms with Crippen molar-refractivity contribution in [1.29, 1.82) is 0 Å². The molecule has 0 bridgehead atoms. The highest BCUT2D eigenvalue weighted by Crippen LogP contribution is 2.48. The number of fused-ring (bicyclic) bond motifs is 5. The van der Waals surface area contributed by atoms with Crippen LogP contribution >= 0.6 is 0 Å². The van der Waals surface area contributed by atoms with Crippen molar-refractivity contribution in [2.75, 3.05) is 32.9 Å². The van der Waals surface area contributed by atoms with Gasteiger partial charge in [-0.1, -0.05) is 29.8 Å². The Labute approximate surface area is 281 Å². The average molecular weight is 699 g/mol. The summed E-state index contributed by atoms with van der Waals surface area (Å²) in [6, 6.07) is 21.8. The fraction of sp³-hybridized carbons (Fsp3) is 0.250. The van der Waals surface area contributed by atoms with E-state index < -0.39 is 28.3 Å². The number of nitrogens with zero attached hydrogens (tertiary/aromatic N) is 2. The van der Waals surface area contributed by atoms with Gasteiger partial charge < -0.3 is 23.7 Å². The molecule has 2 aliphatic rings. The number of hydrogen-bond donors (Lipinski definition) is 4. The van der Waals surface area contributed by atoms with Crippen LogP contribution in [0.4, 0.5) is 17.6 Å². The van der Waals surface area contributed by atoms with Crippen LogP contribution in [0.25, 0.3) is 22.0 Å². The van der Waals surface area contributed by atoms with Crippen molar-refractivity contribution in [2.24, 2.45) is 5.92 Å². The first-order valence-electron chi connectivity index (χ1n) is 15.4. The standard InChI is InChI=1S/C29H24F4N2O3.C7H10O3S/c30-13-17-15-35(16-17)9-10-37-21-5-1-18(2-6-21)28-27-23-8-4-20(36)12-25(23)34-14-24(27)22-7-3-19(29(31,32)33)11-26(22)38-28;1-6-2-4-7(5-3-6)11(8,9)10/h1-8,11-12,14,17,28,36H,9-10,13,15-16H2;2-5,11H,1H3,(H2,8,9,10)/t28-;/m1./s1. The molecule has 258 valence electrons. The number of hydrogen-bond acceptors (Lipinski definition) is 6. The smallest absolute Gasteiger partial charge is 0.416 e. The Hall–Kier alpha value is -4.56. The molecule has 1 fully saturated rings. The van der Waals surface area contributed by atoms with E-state index in [4.69, 9.17) is 18.6 Å². The van der Waals surface area contributed by atoms with Crippen LogP contribution in [0, 0.1) is 12.8 Å². The van der Waals surface area contributed by atoms with Gasteiger partial charge in [0.25, 0.3) is 0 Å². The fourth-order valence-electron chi connectivity index (χ4n) is 5.87. The van der Waals surface area contributed by atoms with Gasteiger partial charge in [-0.15, -0.1) is 0 Å². The van der Waals surface area contributed by atoms with Crippen molar-refractivity contribution in [2.45, 2.75) is 24.1 Å². The maximum Gasteiger partial charge on any atom is 0.416 e. The predicted molar refractivity (Wildman–Crippen MR) is 178 cm³/mol. The van der Waals surface area contributed by atoms with Crippen molar-refractivity contribution in [1.82, 2.24) is 9.88 Å². The van der Waals surface area contributed by atoms with E-state index in [9.17, 15) is 26.9 Å². The van der Waals surface area contributed by atoms with Crippen molar-refractivity contribution >= 4 is 21.4 Å². The fourth-order valence-corrected chi connectivity index (χ4v) is 6.40. The molecule has 0 saturated carbocycles. The van der Waals surface area contributed by atoms with E-state index in [0.717, 1.165) is 47.3 Å². The van der Waals surface area contributed by atoms with Crippen LogP contribution < -0.4 is 9.47 Å². The van der Waals surface area contributed by atoms with E-state index in [1.807, 2.05) is 19.1 Å². The number of rotatable bonds is 7. The lowest BCUT2D eigenvalue weighted by Crippen LogP contribution is -2.49. The van der Waals surface area contributed by atoms with Crippen molar-refractivity contribution in [3.63, 3.8) is 0 Å². The third-order valence-corrected chi connectivity index (χ3v) is 9.45. The highest BCUT2D eigenvalue weighted by molar-refractivity contribution is 7.92. The monoisotopic (exact) mass is 698 g/mol. The first kappa shape index (κ1) is 34.3. The zero-order valence-corrected chi connectivity index (χ0v) is 27.2. The van der Waals surface area contributed by atoms with E-state index in [0.29, 0.717) is 35.5 Å². The van der Waals surface area contributed by atoms with Gasteiger partial charge in [-0.3, -0.25) is 14.3 Å². The van der Waals surface area contributed by atoms with E-state index in [1.165, 1.54) is 18.2 Å². The van der Waals surface area contributed by atoms with Crippen LogP contribution in [-0.4, -0.2) is 61.2 Å². The molecule has 8 nitrogen and oxygen atoms in total. The molecule has 13 heteroatoms. The van der Waals surface area contributed by atoms with E-state index in [-0.39, 0.29) is 29.0 Å². The SMILES string of the molecule is Cc1ccc([SH](=O)(O)O)cc1.Oc1ccc2c3c(cnc2c1)-c1ccc(C(F)(F)F)cc1O[C@@H]3c1ccc(OCCN2CC(CF)C2)cc1. The van der Waals surface area contributed by atoms with Crippen LogP contribution in [-0.2, 0) is 16.7 Å². The maximum absolute atomic E-state index is 13.5. The normalized spacial score (nSPS) is 16.4. The number of benzene rings is 4. The Balaban J connectivity index is 0.000000324. The summed E-state index contributed by atoms with van der Waals surface area (Å²) in [5.41, 5.74) is 3.43. The first-order valence-corrected chi connectivity index (χ1v) is 17.0. The second-order valence-electron chi connectivity index (χ2n) is 12.1. The molecule has 3 heterocycles. The lowest BCUT2D eigenvalue weighted by Gasteiger charge is -2.37. The molecule has 0 radical (unpaired) electrons. The lowest BCUT2D eigenvalue weighted by molar-refractivity contribution is -0.137. The number of ether oxygens (including phenoxy) is 2. The van der Waals surface area contributed by atoms with Crippen molar-refractivity contribution < 1.29 is 45.5 Å². The van der Waals surface area contributed by atoms with Gasteiger partial charge in [0.1, 0.15) is 23.9 Å². The molecule has 1 atom stereocenters. The molecule has 0 aliphatic carbocycles. The summed E-state index contributed by atoms with van der Waals surface area (Å²) in [5, 5.41) is 10.7. The molecule has 3 N–H and O–H groups in total. The maximum atomic E-state index is 13.5. The van der Waals surface area contributed by atoms with Gasteiger partial charge in [-0.2, -0.15) is 13.2 Å². The number of thiol groups is 1. The molecular formula is C36H34F4N2O6S. The molecule has 1 saturated heterocycles. The number of likely N-dealkylation sites (tertiary alicyclic amines) is 1. The van der Waals surface area contributed by atoms with Crippen LogP contribution in [0.2, 0.25) is 0 Å². The van der Waals surface area contributed by atoms with Gasteiger partial charge in [0.05, 0.1) is 33.1 Å². The molecule has 7 rings (SSSR count). The summed E-state index contributed by atoms with van der Waals surface area (Å²) in [4.78, 5) is 6.66. The number of aromatic hydroxyl groups is 1. The third kappa shape index (κ3) is 7.70. The lowest BCUT2D eigenvalue weighted by atomic mass is 9.87. The highest BCUT2D eigenvalue weighted by atomic mass is 32.3. The topological polar surface area (TPSA) is 112 Å². The summed E-state index contributed by atoms with van der Waals surface area (Å²) in [5.74, 6) is 0.962. The predicted octanol–water partition coefficient (Wildman–Crippen LogP) is 7.70. The van der Waals surface area contributed by atoms with Gasteiger partial charge >= 0.3 is 6.18 Å². The molecule has 49 heavy (non-hydrogen) atoms. The Morgan fingerprint density at radius 2 is 1.67 bits per heavy atom. The first-order chi connectivity index (χ1) is 23.3.